The van der Waals surface area contributed by atoms with Crippen LogP contribution in [0.4, 0.5) is 4.39 Å². The van der Waals surface area contributed by atoms with Crippen molar-refractivity contribution >= 4 is 5.91 Å². The summed E-state index contributed by atoms with van der Waals surface area (Å²) < 4.78 is 15.1. The lowest BCUT2D eigenvalue weighted by Gasteiger charge is -2.47. The van der Waals surface area contributed by atoms with Crippen molar-refractivity contribution < 1.29 is 14.3 Å². The molecule has 1 N–H and O–H groups in total. The number of hydrogen-bond acceptors (Lipinski definition) is 4. The quantitative estimate of drug-likeness (QED) is 0.879. The molecule has 1 aromatic heterocycles. The van der Waals surface area contributed by atoms with Gasteiger partial charge in [-0.05, 0) is 37.5 Å². The molecule has 2 fully saturated rings. The molecule has 0 bridgehead atoms. The zero-order chi connectivity index (χ0) is 19.7. The van der Waals surface area contributed by atoms with Crippen LogP contribution in [0.1, 0.15) is 32.1 Å². The van der Waals surface area contributed by atoms with E-state index in [1.807, 2.05) is 0 Å². The highest BCUT2D eigenvalue weighted by Gasteiger charge is 2.43. The lowest BCUT2D eigenvalue weighted by atomic mass is 9.71. The van der Waals surface area contributed by atoms with Crippen molar-refractivity contribution in [2.24, 2.45) is 5.92 Å². The molecule has 0 radical (unpaired) electrons. The summed E-state index contributed by atoms with van der Waals surface area (Å²) in [5.74, 6) is -0.541. The second kappa shape index (κ2) is 7.47. The van der Waals surface area contributed by atoms with E-state index in [4.69, 9.17) is 0 Å². The van der Waals surface area contributed by atoms with Gasteiger partial charge in [-0.25, -0.2) is 9.07 Å². The number of rotatable bonds is 3. The van der Waals surface area contributed by atoms with Gasteiger partial charge in [0.1, 0.15) is 12.4 Å². The molecule has 1 aliphatic carbocycles. The van der Waals surface area contributed by atoms with Crippen molar-refractivity contribution in [1.82, 2.24) is 14.7 Å². The predicted octanol–water partition coefficient (Wildman–Crippen LogP) is 2.20. The third-order valence-electron chi connectivity index (χ3n) is 6.08. The summed E-state index contributed by atoms with van der Waals surface area (Å²) in [5.41, 5.74) is -0.464. The zero-order valence-electron chi connectivity index (χ0n) is 15.7. The number of amides is 1. The molecule has 4 rings (SSSR count). The first kappa shape index (κ1) is 18.8. The fourth-order valence-electron chi connectivity index (χ4n) is 4.40. The van der Waals surface area contributed by atoms with Gasteiger partial charge in [-0.15, -0.1) is 0 Å². The van der Waals surface area contributed by atoms with Gasteiger partial charge in [0.15, 0.2) is 0 Å². The minimum Gasteiger partial charge on any atom is -0.389 e. The Kier molecular flexibility index (Phi) is 5.02. The number of fused-ring (bicyclic) bond motifs is 1. The number of likely N-dealkylation sites (tertiary alicyclic amines) is 1. The lowest BCUT2D eigenvalue weighted by molar-refractivity contribution is -0.144. The fraction of sp³-hybridized carbons (Fsp3) is 0.476. The molecule has 0 unspecified atom stereocenters. The Morgan fingerprint density at radius 2 is 2.04 bits per heavy atom. The molecule has 1 aliphatic heterocycles. The van der Waals surface area contributed by atoms with E-state index in [9.17, 15) is 19.1 Å². The average Bonchev–Trinajstić information content (AvgIpc) is 2.69. The van der Waals surface area contributed by atoms with Gasteiger partial charge in [0, 0.05) is 30.6 Å². The molecule has 1 aromatic carbocycles. The second-order valence-corrected chi connectivity index (χ2v) is 7.83. The van der Waals surface area contributed by atoms with Crippen LogP contribution in [0.25, 0.3) is 11.3 Å². The number of halogens is 1. The number of piperidine rings is 1. The van der Waals surface area contributed by atoms with E-state index in [1.54, 1.807) is 23.1 Å². The highest BCUT2D eigenvalue weighted by atomic mass is 19.1. The molecule has 2 atom stereocenters. The monoisotopic (exact) mass is 385 g/mol. The number of carbonyl (C=O) groups excluding carboxylic acids is 1. The Bertz CT molecular complexity index is 944. The molecule has 148 valence electrons. The lowest BCUT2D eigenvalue weighted by Crippen LogP contribution is -2.55. The van der Waals surface area contributed by atoms with E-state index in [0.717, 1.165) is 30.4 Å². The summed E-state index contributed by atoms with van der Waals surface area (Å²) in [6.07, 6.45) is 4.39. The van der Waals surface area contributed by atoms with Crippen molar-refractivity contribution in [2.45, 2.75) is 44.2 Å². The average molecular weight is 385 g/mol. The normalized spacial score (nSPS) is 24.6. The minimum absolute atomic E-state index is 0.0911. The summed E-state index contributed by atoms with van der Waals surface area (Å²) in [7, 11) is 0. The van der Waals surface area contributed by atoms with Crippen LogP contribution >= 0.6 is 0 Å². The Morgan fingerprint density at radius 3 is 2.86 bits per heavy atom. The Morgan fingerprint density at radius 1 is 1.21 bits per heavy atom. The molecule has 2 heterocycles. The van der Waals surface area contributed by atoms with Crippen molar-refractivity contribution in [3.05, 3.63) is 52.6 Å². The highest BCUT2D eigenvalue weighted by molar-refractivity contribution is 5.76. The molecular weight excluding hydrogens is 361 g/mol. The molecule has 1 amide bonds. The van der Waals surface area contributed by atoms with Crippen molar-refractivity contribution in [1.29, 1.82) is 0 Å². The smallest absolute Gasteiger partial charge is 0.267 e. The van der Waals surface area contributed by atoms with Crippen LogP contribution in [0.2, 0.25) is 0 Å². The standard InChI is InChI=1S/C21H24FN3O3/c22-17-7-2-1-6-16(17)18-8-9-19(26)25(23-18)14-20(27)24-12-11-21(28)10-4-3-5-15(21)13-24/h1-2,6-9,15,28H,3-5,10-14H2/t15-,21-/m1/s1. The van der Waals surface area contributed by atoms with E-state index in [1.165, 1.54) is 18.2 Å². The first-order chi connectivity index (χ1) is 13.5. The summed E-state index contributed by atoms with van der Waals surface area (Å²) >= 11 is 0. The molecule has 28 heavy (non-hydrogen) atoms. The molecule has 7 heteroatoms. The van der Waals surface area contributed by atoms with Crippen LogP contribution < -0.4 is 5.56 Å². The number of hydrogen-bond donors (Lipinski definition) is 1. The molecule has 0 spiro atoms. The van der Waals surface area contributed by atoms with Gasteiger partial charge in [-0.1, -0.05) is 25.0 Å². The second-order valence-electron chi connectivity index (χ2n) is 7.83. The number of carbonyl (C=O) groups is 1. The van der Waals surface area contributed by atoms with Crippen LogP contribution in [0.5, 0.6) is 0 Å². The summed E-state index contributed by atoms with van der Waals surface area (Å²) in [5, 5.41) is 15.0. The van der Waals surface area contributed by atoms with E-state index in [0.29, 0.717) is 25.2 Å². The third kappa shape index (κ3) is 3.58. The zero-order valence-corrected chi connectivity index (χ0v) is 15.7. The molecule has 6 nitrogen and oxygen atoms in total. The van der Waals surface area contributed by atoms with Crippen molar-refractivity contribution in [2.75, 3.05) is 13.1 Å². The molecule has 1 saturated carbocycles. The largest absolute Gasteiger partial charge is 0.389 e. The third-order valence-corrected chi connectivity index (χ3v) is 6.08. The van der Waals surface area contributed by atoms with E-state index in [2.05, 4.69) is 5.10 Å². The summed E-state index contributed by atoms with van der Waals surface area (Å²) in [6, 6.07) is 8.96. The predicted molar refractivity (Wildman–Crippen MR) is 102 cm³/mol. The van der Waals surface area contributed by atoms with Gasteiger partial charge in [0.2, 0.25) is 5.91 Å². The van der Waals surface area contributed by atoms with E-state index >= 15 is 0 Å². The molecule has 2 aliphatic rings. The van der Waals surface area contributed by atoms with Crippen LogP contribution in [0, 0.1) is 11.7 Å². The summed E-state index contributed by atoms with van der Waals surface area (Å²) in [4.78, 5) is 26.7. The first-order valence-corrected chi connectivity index (χ1v) is 9.79. The number of aromatic nitrogens is 2. The Balaban J connectivity index is 1.51. The van der Waals surface area contributed by atoms with Crippen molar-refractivity contribution in [3.8, 4) is 11.3 Å². The Labute approximate surface area is 162 Å². The highest BCUT2D eigenvalue weighted by Crippen LogP contribution is 2.39. The van der Waals surface area contributed by atoms with E-state index < -0.39 is 17.0 Å². The molecular formula is C21H24FN3O3. The molecule has 2 aromatic rings. The van der Waals surface area contributed by atoms with Gasteiger partial charge in [-0.2, -0.15) is 5.10 Å². The van der Waals surface area contributed by atoms with Crippen LogP contribution in [0.15, 0.2) is 41.2 Å². The minimum atomic E-state index is -0.658. The van der Waals surface area contributed by atoms with E-state index in [-0.39, 0.29) is 23.9 Å². The van der Waals surface area contributed by atoms with Gasteiger partial charge in [0.05, 0.1) is 11.3 Å². The van der Waals surface area contributed by atoms with Gasteiger partial charge in [0.25, 0.3) is 5.56 Å². The van der Waals surface area contributed by atoms with Gasteiger partial charge >= 0.3 is 0 Å². The summed E-state index contributed by atoms with van der Waals surface area (Å²) in [6.45, 7) is 0.803. The maximum Gasteiger partial charge on any atom is 0.267 e. The van der Waals surface area contributed by atoms with Crippen LogP contribution in [-0.4, -0.2) is 44.4 Å². The maximum atomic E-state index is 14.0. The molecule has 1 saturated heterocycles. The number of benzene rings is 1. The van der Waals surface area contributed by atoms with Crippen LogP contribution in [-0.2, 0) is 11.3 Å². The van der Waals surface area contributed by atoms with Crippen LogP contribution in [0.3, 0.4) is 0 Å². The van der Waals surface area contributed by atoms with Crippen molar-refractivity contribution in [3.63, 3.8) is 0 Å². The topological polar surface area (TPSA) is 75.4 Å². The first-order valence-electron chi connectivity index (χ1n) is 9.79. The fourth-order valence-corrected chi connectivity index (χ4v) is 4.40. The Hall–Kier alpha value is -2.54. The van der Waals surface area contributed by atoms with Gasteiger partial charge < -0.3 is 10.0 Å². The number of aliphatic hydroxyl groups is 1. The SMILES string of the molecule is O=C(Cn1nc(-c2ccccc2F)ccc1=O)N1CC[C@]2(O)CCCC[C@@H]2C1. The maximum absolute atomic E-state index is 14.0. The number of nitrogens with zero attached hydrogens (tertiary/aromatic N) is 3. The van der Waals surface area contributed by atoms with Gasteiger partial charge in [-0.3, -0.25) is 9.59 Å².